The highest BCUT2D eigenvalue weighted by atomic mass is 32.1. The first-order chi connectivity index (χ1) is 13.5. The number of likely N-dealkylation sites (tertiary alicyclic amines) is 1. The van der Waals surface area contributed by atoms with Crippen molar-refractivity contribution in [1.82, 2.24) is 19.4 Å². The number of nitrogens with zero attached hydrogens (tertiary/aromatic N) is 4. The molecular formula is C20H28N4O3S. The predicted molar refractivity (Wildman–Crippen MR) is 109 cm³/mol. The van der Waals surface area contributed by atoms with Gasteiger partial charge in [0.05, 0.1) is 19.9 Å². The fourth-order valence-electron chi connectivity index (χ4n) is 3.59. The number of piperidine rings is 1. The van der Waals surface area contributed by atoms with E-state index < -0.39 is 0 Å². The number of likely N-dealkylation sites (N-methyl/N-ethyl adjacent to an activating group) is 1. The molecule has 0 saturated carbocycles. The van der Waals surface area contributed by atoms with Gasteiger partial charge in [0.15, 0.2) is 11.5 Å². The molecule has 2 heterocycles. The Balaban J connectivity index is 1.58. The van der Waals surface area contributed by atoms with E-state index in [0.717, 1.165) is 56.1 Å². The summed E-state index contributed by atoms with van der Waals surface area (Å²) < 4.78 is 14.6. The molecule has 0 radical (unpaired) electrons. The van der Waals surface area contributed by atoms with Gasteiger partial charge in [0.25, 0.3) is 5.91 Å². The van der Waals surface area contributed by atoms with Crippen molar-refractivity contribution in [3.63, 3.8) is 0 Å². The van der Waals surface area contributed by atoms with Crippen LogP contribution in [0.4, 0.5) is 0 Å². The monoisotopic (exact) mass is 404 g/mol. The molecule has 0 unspecified atom stereocenters. The van der Waals surface area contributed by atoms with E-state index >= 15 is 0 Å². The average molecular weight is 405 g/mol. The van der Waals surface area contributed by atoms with Gasteiger partial charge >= 0.3 is 0 Å². The van der Waals surface area contributed by atoms with Crippen LogP contribution in [-0.2, 0) is 6.42 Å². The van der Waals surface area contributed by atoms with Crippen LogP contribution in [0.15, 0.2) is 18.2 Å². The van der Waals surface area contributed by atoms with Gasteiger partial charge in [0.1, 0.15) is 4.88 Å². The van der Waals surface area contributed by atoms with E-state index in [0.29, 0.717) is 10.9 Å². The van der Waals surface area contributed by atoms with Gasteiger partial charge in [-0.3, -0.25) is 4.79 Å². The van der Waals surface area contributed by atoms with Crippen molar-refractivity contribution < 1.29 is 14.3 Å². The third-order valence-corrected chi connectivity index (χ3v) is 6.17. The minimum atomic E-state index is 0.0606. The van der Waals surface area contributed by atoms with Crippen molar-refractivity contribution in [3.05, 3.63) is 34.3 Å². The van der Waals surface area contributed by atoms with E-state index in [4.69, 9.17) is 9.47 Å². The summed E-state index contributed by atoms with van der Waals surface area (Å²) in [6.45, 7) is 4.31. The second kappa shape index (κ2) is 9.34. The number of hydrogen-bond donors (Lipinski definition) is 0. The summed E-state index contributed by atoms with van der Waals surface area (Å²) in [4.78, 5) is 17.7. The van der Waals surface area contributed by atoms with Crippen molar-refractivity contribution in [3.8, 4) is 11.5 Å². The van der Waals surface area contributed by atoms with E-state index in [2.05, 4.69) is 27.6 Å². The number of ether oxygens (including phenoxy) is 2. The molecule has 1 atom stereocenters. The van der Waals surface area contributed by atoms with E-state index in [9.17, 15) is 4.79 Å². The van der Waals surface area contributed by atoms with Gasteiger partial charge in [0.2, 0.25) is 0 Å². The topological polar surface area (TPSA) is 67.8 Å². The van der Waals surface area contributed by atoms with Gasteiger partial charge in [-0.15, -0.1) is 5.10 Å². The third-order valence-electron chi connectivity index (χ3n) is 5.35. The van der Waals surface area contributed by atoms with Crippen LogP contribution in [0.2, 0.25) is 0 Å². The first kappa shape index (κ1) is 20.5. The minimum absolute atomic E-state index is 0.0606. The summed E-state index contributed by atoms with van der Waals surface area (Å²) >= 11 is 1.19. The molecule has 0 spiro atoms. The predicted octanol–water partition coefficient (Wildman–Crippen LogP) is 2.64. The van der Waals surface area contributed by atoms with Crippen LogP contribution in [0.5, 0.6) is 11.5 Å². The summed E-state index contributed by atoms with van der Waals surface area (Å²) in [5, 5.41) is 3.97. The second-order valence-corrected chi connectivity index (χ2v) is 7.91. The molecule has 152 valence electrons. The summed E-state index contributed by atoms with van der Waals surface area (Å²) in [5.74, 6) is 1.56. The van der Waals surface area contributed by atoms with Gasteiger partial charge in [-0.1, -0.05) is 10.6 Å². The van der Waals surface area contributed by atoms with E-state index in [1.54, 1.807) is 14.2 Å². The lowest BCUT2D eigenvalue weighted by atomic mass is 10.0. The first-order valence-electron chi connectivity index (χ1n) is 9.52. The average Bonchev–Trinajstić information content (AvgIpc) is 3.17. The Bertz CT molecular complexity index is 810. The maximum atomic E-state index is 12.8. The first-order valence-corrected chi connectivity index (χ1v) is 10.3. The molecule has 0 N–H and O–H groups in total. The maximum absolute atomic E-state index is 12.8. The largest absolute Gasteiger partial charge is 0.493 e. The van der Waals surface area contributed by atoms with Crippen molar-refractivity contribution in [2.24, 2.45) is 0 Å². The van der Waals surface area contributed by atoms with Crippen molar-refractivity contribution in [1.29, 1.82) is 0 Å². The number of carbonyl (C=O) groups is 1. The molecular weight excluding hydrogens is 376 g/mol. The standard InChI is InChI=1S/C20H28N4O3S/c1-14-19(28-22-21-14)20(25)24-10-5-6-16(13-24)23(2)11-9-15-7-8-17(26-3)18(12-15)27-4/h7-8,12,16H,5-6,9-11,13H2,1-4H3/t16-/m0/s1. The summed E-state index contributed by atoms with van der Waals surface area (Å²) in [6, 6.07) is 6.41. The smallest absolute Gasteiger partial charge is 0.267 e. The molecule has 1 saturated heterocycles. The summed E-state index contributed by atoms with van der Waals surface area (Å²) in [5.41, 5.74) is 1.93. The Hall–Kier alpha value is -2.19. The Kier molecular flexibility index (Phi) is 6.85. The van der Waals surface area contributed by atoms with Gasteiger partial charge in [-0.05, 0) is 62.5 Å². The maximum Gasteiger partial charge on any atom is 0.267 e. The molecule has 1 aliphatic heterocycles. The zero-order valence-corrected chi connectivity index (χ0v) is 17.8. The molecule has 1 aromatic heterocycles. The zero-order chi connectivity index (χ0) is 20.1. The number of hydrogen-bond acceptors (Lipinski definition) is 7. The Morgan fingerprint density at radius 1 is 1.32 bits per heavy atom. The van der Waals surface area contributed by atoms with Crippen LogP contribution in [0.1, 0.15) is 33.8 Å². The lowest BCUT2D eigenvalue weighted by Gasteiger charge is -2.37. The van der Waals surface area contributed by atoms with E-state index in [-0.39, 0.29) is 5.91 Å². The number of amides is 1. The molecule has 0 aliphatic carbocycles. The molecule has 1 amide bonds. The van der Waals surface area contributed by atoms with Gasteiger partial charge in [0, 0.05) is 25.7 Å². The second-order valence-electron chi connectivity index (χ2n) is 7.15. The molecule has 7 nitrogen and oxygen atoms in total. The zero-order valence-electron chi connectivity index (χ0n) is 17.0. The Morgan fingerprint density at radius 3 is 2.79 bits per heavy atom. The van der Waals surface area contributed by atoms with Crippen molar-refractivity contribution in [2.45, 2.75) is 32.2 Å². The summed E-state index contributed by atoms with van der Waals surface area (Å²) in [6.07, 6.45) is 3.04. The highest BCUT2D eigenvalue weighted by molar-refractivity contribution is 7.07. The molecule has 2 aromatic rings. The minimum Gasteiger partial charge on any atom is -0.493 e. The quantitative estimate of drug-likeness (QED) is 0.707. The lowest BCUT2D eigenvalue weighted by molar-refractivity contribution is 0.0615. The number of rotatable bonds is 7. The van der Waals surface area contributed by atoms with Crippen LogP contribution in [0.25, 0.3) is 0 Å². The molecule has 0 bridgehead atoms. The number of aryl methyl sites for hydroxylation is 1. The van der Waals surface area contributed by atoms with Crippen LogP contribution >= 0.6 is 11.5 Å². The Morgan fingerprint density at radius 2 is 2.11 bits per heavy atom. The number of benzene rings is 1. The molecule has 1 aromatic carbocycles. The molecule has 1 fully saturated rings. The number of aromatic nitrogens is 2. The fourth-order valence-corrected chi connectivity index (χ4v) is 4.22. The van der Waals surface area contributed by atoms with Crippen LogP contribution in [0.3, 0.4) is 0 Å². The molecule has 1 aliphatic rings. The SMILES string of the molecule is COc1ccc(CCN(C)[C@H]2CCCN(C(=O)c3snnc3C)C2)cc1OC. The molecule has 28 heavy (non-hydrogen) atoms. The van der Waals surface area contributed by atoms with Gasteiger partial charge in [-0.25, -0.2) is 0 Å². The van der Waals surface area contributed by atoms with Gasteiger partial charge < -0.3 is 19.3 Å². The Labute approximate surface area is 170 Å². The lowest BCUT2D eigenvalue weighted by Crippen LogP contribution is -2.49. The van der Waals surface area contributed by atoms with Crippen LogP contribution in [0, 0.1) is 6.92 Å². The number of carbonyl (C=O) groups excluding carboxylic acids is 1. The van der Waals surface area contributed by atoms with E-state index in [1.165, 1.54) is 17.1 Å². The van der Waals surface area contributed by atoms with Crippen molar-refractivity contribution >= 4 is 17.4 Å². The van der Waals surface area contributed by atoms with Gasteiger partial charge in [-0.2, -0.15) is 0 Å². The number of methoxy groups -OCH3 is 2. The highest BCUT2D eigenvalue weighted by Gasteiger charge is 2.28. The van der Waals surface area contributed by atoms with E-state index in [1.807, 2.05) is 24.0 Å². The summed E-state index contributed by atoms with van der Waals surface area (Å²) in [7, 11) is 5.44. The fraction of sp³-hybridized carbons (Fsp3) is 0.550. The highest BCUT2D eigenvalue weighted by Crippen LogP contribution is 2.28. The molecule has 8 heteroatoms. The third kappa shape index (κ3) is 4.62. The van der Waals surface area contributed by atoms with Crippen LogP contribution < -0.4 is 9.47 Å². The van der Waals surface area contributed by atoms with Crippen LogP contribution in [-0.4, -0.2) is 72.2 Å². The molecule has 3 rings (SSSR count). The van der Waals surface area contributed by atoms with Crippen molar-refractivity contribution in [2.75, 3.05) is 40.9 Å². The normalized spacial score (nSPS) is 17.0.